The Bertz CT molecular complexity index is 770. The highest BCUT2D eigenvalue weighted by Crippen LogP contribution is 2.23. The number of aromatic nitrogens is 1. The van der Waals surface area contributed by atoms with E-state index in [-0.39, 0.29) is 11.8 Å². The maximum atomic E-state index is 12.7. The van der Waals surface area contributed by atoms with E-state index in [2.05, 4.69) is 20.5 Å². The van der Waals surface area contributed by atoms with Gasteiger partial charge in [0.2, 0.25) is 0 Å². The van der Waals surface area contributed by atoms with Gasteiger partial charge in [-0.3, -0.25) is 9.59 Å². The van der Waals surface area contributed by atoms with Crippen molar-refractivity contribution in [1.29, 1.82) is 0 Å². The molecule has 6 heteroatoms. The van der Waals surface area contributed by atoms with Crippen molar-refractivity contribution in [3.8, 4) is 0 Å². The van der Waals surface area contributed by atoms with Crippen molar-refractivity contribution in [3.63, 3.8) is 0 Å². The van der Waals surface area contributed by atoms with Crippen LogP contribution in [0.5, 0.6) is 0 Å². The molecule has 0 spiro atoms. The third kappa shape index (κ3) is 3.96. The van der Waals surface area contributed by atoms with Crippen molar-refractivity contribution in [2.24, 2.45) is 0 Å². The zero-order valence-electron chi connectivity index (χ0n) is 14.3. The van der Waals surface area contributed by atoms with Crippen LogP contribution < -0.4 is 15.5 Å². The summed E-state index contributed by atoms with van der Waals surface area (Å²) in [6.07, 6.45) is 3.94. The molecule has 0 atom stereocenters. The zero-order valence-corrected chi connectivity index (χ0v) is 14.3. The van der Waals surface area contributed by atoms with Crippen molar-refractivity contribution < 1.29 is 9.59 Å². The van der Waals surface area contributed by atoms with Crippen LogP contribution in [0.15, 0.2) is 42.6 Å². The van der Waals surface area contributed by atoms with Gasteiger partial charge < -0.3 is 15.5 Å². The molecule has 1 saturated heterocycles. The SMILES string of the molecule is CCNC(=O)c1cccc(NC(=O)c2cccnc2N2CCCC2)c1. The molecule has 1 aromatic carbocycles. The first-order valence-corrected chi connectivity index (χ1v) is 8.58. The number of nitrogens with one attached hydrogen (secondary N) is 2. The largest absolute Gasteiger partial charge is 0.356 e. The van der Waals surface area contributed by atoms with E-state index in [4.69, 9.17) is 0 Å². The van der Waals surface area contributed by atoms with Crippen LogP contribution >= 0.6 is 0 Å². The molecular formula is C19H22N4O2. The van der Waals surface area contributed by atoms with Crippen LogP contribution in [0.4, 0.5) is 11.5 Å². The number of anilines is 2. The minimum atomic E-state index is -0.219. The van der Waals surface area contributed by atoms with Crippen molar-refractivity contribution >= 4 is 23.3 Å². The Morgan fingerprint density at radius 1 is 1.12 bits per heavy atom. The number of pyridine rings is 1. The van der Waals surface area contributed by atoms with Gasteiger partial charge in [0.15, 0.2) is 0 Å². The van der Waals surface area contributed by atoms with Crippen LogP contribution in [0, 0.1) is 0 Å². The molecule has 0 unspecified atom stereocenters. The second kappa shape index (κ2) is 7.79. The molecule has 1 aliphatic rings. The molecule has 130 valence electrons. The van der Waals surface area contributed by atoms with Crippen molar-refractivity contribution in [2.75, 3.05) is 29.9 Å². The lowest BCUT2D eigenvalue weighted by molar-refractivity contribution is 0.0954. The van der Waals surface area contributed by atoms with Crippen LogP contribution in [0.25, 0.3) is 0 Å². The summed E-state index contributed by atoms with van der Waals surface area (Å²) in [6, 6.07) is 10.5. The fraction of sp³-hybridized carbons (Fsp3) is 0.316. The number of hydrogen-bond donors (Lipinski definition) is 2. The summed E-state index contributed by atoms with van der Waals surface area (Å²) in [7, 11) is 0. The standard InChI is InChI=1S/C19H22N4O2/c1-2-20-18(24)14-7-5-8-15(13-14)22-19(25)16-9-6-10-21-17(16)23-11-3-4-12-23/h5-10,13H,2-4,11-12H2,1H3,(H,20,24)(H,22,25). The third-order valence-corrected chi connectivity index (χ3v) is 4.16. The molecule has 0 bridgehead atoms. The highest BCUT2D eigenvalue weighted by atomic mass is 16.2. The molecule has 3 rings (SSSR count). The molecule has 0 aliphatic carbocycles. The van der Waals surface area contributed by atoms with Gasteiger partial charge in [0, 0.05) is 37.1 Å². The minimum absolute atomic E-state index is 0.155. The summed E-state index contributed by atoms with van der Waals surface area (Å²) in [6.45, 7) is 4.27. The number of hydrogen-bond acceptors (Lipinski definition) is 4. The monoisotopic (exact) mass is 338 g/mol. The normalized spacial score (nSPS) is 13.6. The van der Waals surface area contributed by atoms with E-state index in [1.807, 2.05) is 6.92 Å². The highest BCUT2D eigenvalue weighted by molar-refractivity contribution is 6.08. The molecular weight excluding hydrogens is 316 g/mol. The minimum Gasteiger partial charge on any atom is -0.356 e. The molecule has 2 N–H and O–H groups in total. The fourth-order valence-electron chi connectivity index (χ4n) is 2.95. The molecule has 2 aromatic rings. The van der Waals surface area contributed by atoms with E-state index in [9.17, 15) is 9.59 Å². The van der Waals surface area contributed by atoms with E-state index in [0.717, 1.165) is 31.7 Å². The Hall–Kier alpha value is -2.89. The van der Waals surface area contributed by atoms with Gasteiger partial charge in [0.05, 0.1) is 5.56 Å². The first kappa shape index (κ1) is 17.0. The second-order valence-corrected chi connectivity index (χ2v) is 5.96. The highest BCUT2D eigenvalue weighted by Gasteiger charge is 2.20. The second-order valence-electron chi connectivity index (χ2n) is 5.96. The Labute approximate surface area is 147 Å². The van der Waals surface area contributed by atoms with E-state index in [0.29, 0.717) is 23.4 Å². The number of nitrogens with zero attached hydrogens (tertiary/aromatic N) is 2. The average molecular weight is 338 g/mol. The Balaban J connectivity index is 1.79. The summed E-state index contributed by atoms with van der Waals surface area (Å²) in [5, 5.41) is 5.63. The molecule has 6 nitrogen and oxygen atoms in total. The number of rotatable bonds is 5. The molecule has 2 heterocycles. The van der Waals surface area contributed by atoms with Gasteiger partial charge in [0.1, 0.15) is 5.82 Å². The van der Waals surface area contributed by atoms with Gasteiger partial charge in [0.25, 0.3) is 11.8 Å². The molecule has 0 radical (unpaired) electrons. The Kier molecular flexibility index (Phi) is 5.28. The summed E-state index contributed by atoms with van der Waals surface area (Å²) in [5.74, 6) is 0.346. The fourth-order valence-corrected chi connectivity index (χ4v) is 2.95. The first-order valence-electron chi connectivity index (χ1n) is 8.58. The van der Waals surface area contributed by atoms with Crippen molar-refractivity contribution in [1.82, 2.24) is 10.3 Å². The number of carbonyl (C=O) groups excluding carboxylic acids is 2. The Morgan fingerprint density at radius 3 is 2.68 bits per heavy atom. The van der Waals surface area contributed by atoms with Crippen LogP contribution in [-0.4, -0.2) is 36.4 Å². The predicted molar refractivity (Wildman–Crippen MR) is 98.1 cm³/mol. The van der Waals surface area contributed by atoms with Gasteiger partial charge in [-0.2, -0.15) is 0 Å². The van der Waals surface area contributed by atoms with Gasteiger partial charge in [-0.15, -0.1) is 0 Å². The number of amides is 2. The summed E-state index contributed by atoms with van der Waals surface area (Å²) in [4.78, 5) is 31.2. The molecule has 0 saturated carbocycles. The molecule has 1 aliphatic heterocycles. The lowest BCUT2D eigenvalue weighted by Gasteiger charge is -2.19. The maximum Gasteiger partial charge on any atom is 0.259 e. The molecule has 1 aromatic heterocycles. The first-order chi connectivity index (χ1) is 12.2. The van der Waals surface area contributed by atoms with Crippen LogP contribution in [0.1, 0.15) is 40.5 Å². The van der Waals surface area contributed by atoms with E-state index in [1.165, 1.54) is 0 Å². The van der Waals surface area contributed by atoms with Crippen LogP contribution in [0.3, 0.4) is 0 Å². The molecule has 2 amide bonds. The lowest BCUT2D eigenvalue weighted by atomic mass is 10.1. The van der Waals surface area contributed by atoms with Crippen LogP contribution in [-0.2, 0) is 0 Å². The summed E-state index contributed by atoms with van der Waals surface area (Å²) >= 11 is 0. The maximum absolute atomic E-state index is 12.7. The lowest BCUT2D eigenvalue weighted by Crippen LogP contribution is -2.24. The molecule has 25 heavy (non-hydrogen) atoms. The molecule has 1 fully saturated rings. The zero-order chi connectivity index (χ0) is 17.6. The summed E-state index contributed by atoms with van der Waals surface area (Å²) < 4.78 is 0. The topological polar surface area (TPSA) is 74.3 Å². The van der Waals surface area contributed by atoms with Crippen molar-refractivity contribution in [2.45, 2.75) is 19.8 Å². The van der Waals surface area contributed by atoms with Crippen molar-refractivity contribution in [3.05, 3.63) is 53.7 Å². The Morgan fingerprint density at radius 2 is 1.92 bits per heavy atom. The third-order valence-electron chi connectivity index (χ3n) is 4.16. The van der Waals surface area contributed by atoms with E-state index in [1.54, 1.807) is 42.6 Å². The number of benzene rings is 1. The van der Waals surface area contributed by atoms with Gasteiger partial charge in [-0.05, 0) is 50.1 Å². The van der Waals surface area contributed by atoms with E-state index < -0.39 is 0 Å². The summed E-state index contributed by atoms with van der Waals surface area (Å²) in [5.41, 5.74) is 1.66. The predicted octanol–water partition coefficient (Wildman–Crippen LogP) is 2.68. The van der Waals surface area contributed by atoms with Gasteiger partial charge >= 0.3 is 0 Å². The van der Waals surface area contributed by atoms with Gasteiger partial charge in [-0.25, -0.2) is 4.98 Å². The smallest absolute Gasteiger partial charge is 0.259 e. The van der Waals surface area contributed by atoms with E-state index >= 15 is 0 Å². The number of carbonyl (C=O) groups is 2. The van der Waals surface area contributed by atoms with Crippen LogP contribution in [0.2, 0.25) is 0 Å². The quantitative estimate of drug-likeness (QED) is 0.879. The van der Waals surface area contributed by atoms with Gasteiger partial charge in [-0.1, -0.05) is 6.07 Å². The average Bonchev–Trinajstić information content (AvgIpc) is 3.17.